The number of hydrogen-bond acceptors (Lipinski definition) is 4. The van der Waals surface area contributed by atoms with Gasteiger partial charge in [0, 0.05) is 13.1 Å². The molecule has 1 aromatic carbocycles. The van der Waals surface area contributed by atoms with Crippen LogP contribution in [0.1, 0.15) is 12.0 Å². The van der Waals surface area contributed by atoms with E-state index in [1.165, 1.54) is 10.6 Å². The van der Waals surface area contributed by atoms with Gasteiger partial charge in [0.2, 0.25) is 15.9 Å². The third-order valence-electron chi connectivity index (χ3n) is 3.82. The van der Waals surface area contributed by atoms with Crippen LogP contribution in [-0.4, -0.2) is 33.7 Å². The van der Waals surface area contributed by atoms with E-state index in [2.05, 4.69) is 0 Å². The predicted octanol–water partition coefficient (Wildman–Crippen LogP) is 2.49. The Morgan fingerprint density at radius 2 is 1.91 bits per heavy atom. The van der Waals surface area contributed by atoms with Gasteiger partial charge in [-0.3, -0.25) is 9.10 Å². The van der Waals surface area contributed by atoms with Crippen LogP contribution in [0.2, 0.25) is 0 Å². The normalized spacial score (nSPS) is 15.2. The van der Waals surface area contributed by atoms with Gasteiger partial charge in [-0.05, 0) is 40.9 Å². The Kier molecular flexibility index (Phi) is 4.41. The van der Waals surface area contributed by atoms with Crippen LogP contribution < -0.4 is 9.21 Å². The first-order valence-electron chi connectivity index (χ1n) is 7.35. The number of fused-ring (bicyclic) bond motifs is 1. The van der Waals surface area contributed by atoms with Crippen molar-refractivity contribution < 1.29 is 13.2 Å². The average molecular weight is 350 g/mol. The predicted molar refractivity (Wildman–Crippen MR) is 93.6 cm³/mol. The molecule has 1 aliphatic rings. The van der Waals surface area contributed by atoms with Gasteiger partial charge in [-0.1, -0.05) is 12.1 Å². The van der Waals surface area contributed by atoms with Crippen LogP contribution >= 0.6 is 11.3 Å². The molecule has 0 saturated heterocycles. The van der Waals surface area contributed by atoms with Gasteiger partial charge in [-0.25, -0.2) is 8.42 Å². The van der Waals surface area contributed by atoms with E-state index in [-0.39, 0.29) is 5.91 Å². The molecule has 0 spiro atoms. The molecule has 0 aliphatic carbocycles. The summed E-state index contributed by atoms with van der Waals surface area (Å²) in [4.78, 5) is 14.4. The van der Waals surface area contributed by atoms with E-state index in [4.69, 9.17) is 0 Å². The van der Waals surface area contributed by atoms with Crippen LogP contribution in [0.5, 0.6) is 0 Å². The van der Waals surface area contributed by atoms with Gasteiger partial charge < -0.3 is 4.90 Å². The van der Waals surface area contributed by atoms with Gasteiger partial charge in [0.15, 0.2) is 0 Å². The van der Waals surface area contributed by atoms with Gasteiger partial charge in [0.25, 0.3) is 0 Å². The van der Waals surface area contributed by atoms with E-state index in [0.29, 0.717) is 37.3 Å². The molecule has 1 aliphatic heterocycles. The Morgan fingerprint density at radius 3 is 2.57 bits per heavy atom. The highest BCUT2D eigenvalue weighted by atomic mass is 32.2. The lowest BCUT2D eigenvalue weighted by atomic mass is 10.2. The monoisotopic (exact) mass is 350 g/mol. The highest BCUT2D eigenvalue weighted by Crippen LogP contribution is 2.34. The van der Waals surface area contributed by atoms with Crippen LogP contribution in [-0.2, 0) is 21.2 Å². The second-order valence-electron chi connectivity index (χ2n) is 5.53. The summed E-state index contributed by atoms with van der Waals surface area (Å²) in [7, 11) is -3.36. The highest BCUT2D eigenvalue weighted by Gasteiger charge is 2.28. The maximum Gasteiger partial charge on any atom is 0.232 e. The summed E-state index contributed by atoms with van der Waals surface area (Å²) in [6.45, 7) is 0.907. The number of hydrogen-bond donors (Lipinski definition) is 0. The molecule has 0 bridgehead atoms. The zero-order valence-electron chi connectivity index (χ0n) is 12.8. The molecule has 0 atom stereocenters. The second kappa shape index (κ2) is 6.33. The van der Waals surface area contributed by atoms with Gasteiger partial charge in [0.05, 0.1) is 24.1 Å². The average Bonchev–Trinajstić information content (AvgIpc) is 2.91. The Balaban J connectivity index is 1.97. The van der Waals surface area contributed by atoms with Crippen molar-refractivity contribution in [1.82, 2.24) is 0 Å². The summed E-state index contributed by atoms with van der Waals surface area (Å²) >= 11 is 1.56. The minimum Gasteiger partial charge on any atom is -0.310 e. The number of benzene rings is 1. The smallest absolute Gasteiger partial charge is 0.232 e. The first-order chi connectivity index (χ1) is 11.0. The number of rotatable bonds is 3. The number of sulfonamides is 1. The van der Waals surface area contributed by atoms with Crippen molar-refractivity contribution in [3.8, 4) is 0 Å². The lowest BCUT2D eigenvalue weighted by Crippen LogP contribution is -2.32. The third-order valence-corrected chi connectivity index (χ3v) is 5.73. The molecule has 0 N–H and O–H groups in total. The van der Waals surface area contributed by atoms with E-state index >= 15 is 0 Å². The SMILES string of the molecule is CS(=O)(=O)N1CCCN(C(=O)Cc2ccsc2)c2ccccc21. The maximum absolute atomic E-state index is 12.7. The topological polar surface area (TPSA) is 57.7 Å². The molecule has 2 aromatic rings. The van der Waals surface area contributed by atoms with Gasteiger partial charge in [-0.15, -0.1) is 0 Å². The largest absolute Gasteiger partial charge is 0.310 e. The molecule has 3 rings (SSSR count). The number of carbonyl (C=O) groups excluding carboxylic acids is 1. The fourth-order valence-electron chi connectivity index (χ4n) is 2.78. The molecule has 23 heavy (non-hydrogen) atoms. The summed E-state index contributed by atoms with van der Waals surface area (Å²) in [6.07, 6.45) is 2.14. The van der Waals surface area contributed by atoms with Crippen molar-refractivity contribution in [2.45, 2.75) is 12.8 Å². The number of anilines is 2. The summed E-state index contributed by atoms with van der Waals surface area (Å²) < 4.78 is 25.5. The van der Waals surface area contributed by atoms with E-state index in [1.807, 2.05) is 29.0 Å². The van der Waals surface area contributed by atoms with Crippen LogP contribution in [0.25, 0.3) is 0 Å². The maximum atomic E-state index is 12.7. The van der Waals surface area contributed by atoms with Gasteiger partial charge in [0.1, 0.15) is 0 Å². The molecule has 5 nitrogen and oxygen atoms in total. The van der Waals surface area contributed by atoms with Crippen molar-refractivity contribution in [1.29, 1.82) is 0 Å². The number of amides is 1. The minimum absolute atomic E-state index is 0.00815. The fourth-order valence-corrected chi connectivity index (χ4v) is 4.42. The van der Waals surface area contributed by atoms with Crippen LogP contribution in [0.4, 0.5) is 11.4 Å². The summed E-state index contributed by atoms with van der Waals surface area (Å²) in [6, 6.07) is 9.13. The Morgan fingerprint density at radius 1 is 1.17 bits per heavy atom. The number of thiophene rings is 1. The van der Waals surface area contributed by atoms with E-state index < -0.39 is 10.0 Å². The minimum atomic E-state index is -3.36. The van der Waals surface area contributed by atoms with Crippen LogP contribution in [0.3, 0.4) is 0 Å². The fraction of sp³-hybridized carbons (Fsp3) is 0.312. The third kappa shape index (κ3) is 3.40. The molecule has 1 amide bonds. The Bertz CT molecular complexity index is 800. The summed E-state index contributed by atoms with van der Waals surface area (Å²) in [5.74, 6) is -0.00815. The lowest BCUT2D eigenvalue weighted by molar-refractivity contribution is -0.118. The van der Waals surface area contributed by atoms with Crippen molar-refractivity contribution in [3.63, 3.8) is 0 Å². The van der Waals surface area contributed by atoms with Crippen molar-refractivity contribution >= 4 is 38.6 Å². The number of para-hydroxylation sites is 2. The first kappa shape index (κ1) is 16.0. The van der Waals surface area contributed by atoms with Crippen molar-refractivity contribution in [3.05, 3.63) is 46.7 Å². The molecule has 0 fully saturated rings. The van der Waals surface area contributed by atoms with Crippen LogP contribution in [0, 0.1) is 0 Å². The lowest BCUT2D eigenvalue weighted by Gasteiger charge is -2.25. The van der Waals surface area contributed by atoms with Gasteiger partial charge >= 0.3 is 0 Å². The number of nitrogens with zero attached hydrogens (tertiary/aromatic N) is 2. The molecule has 0 saturated carbocycles. The van der Waals surface area contributed by atoms with E-state index in [1.54, 1.807) is 28.4 Å². The first-order valence-corrected chi connectivity index (χ1v) is 10.1. The Labute approximate surface area is 140 Å². The standard InChI is InChI=1S/C16H18N2O3S2/c1-23(20,21)18-9-4-8-17(14-5-2-3-6-15(14)18)16(19)11-13-7-10-22-12-13/h2-3,5-7,10,12H,4,8-9,11H2,1H3. The highest BCUT2D eigenvalue weighted by molar-refractivity contribution is 7.92. The van der Waals surface area contributed by atoms with Gasteiger partial charge in [-0.2, -0.15) is 11.3 Å². The second-order valence-corrected chi connectivity index (χ2v) is 8.22. The van der Waals surface area contributed by atoms with Crippen molar-refractivity contribution in [2.24, 2.45) is 0 Å². The van der Waals surface area contributed by atoms with E-state index in [9.17, 15) is 13.2 Å². The molecule has 1 aromatic heterocycles. The van der Waals surface area contributed by atoms with E-state index in [0.717, 1.165) is 5.56 Å². The summed E-state index contributed by atoms with van der Waals surface area (Å²) in [5.41, 5.74) is 2.23. The molecular weight excluding hydrogens is 332 g/mol. The molecule has 2 heterocycles. The molecule has 7 heteroatoms. The summed E-state index contributed by atoms with van der Waals surface area (Å²) in [5, 5.41) is 3.91. The number of carbonyl (C=O) groups is 1. The zero-order chi connectivity index (χ0) is 16.4. The quantitative estimate of drug-likeness (QED) is 0.854. The zero-order valence-corrected chi connectivity index (χ0v) is 14.4. The molecule has 0 radical (unpaired) electrons. The van der Waals surface area contributed by atoms with Crippen molar-refractivity contribution in [2.75, 3.05) is 28.6 Å². The molecule has 0 unspecified atom stereocenters. The van der Waals surface area contributed by atoms with Crippen LogP contribution in [0.15, 0.2) is 41.1 Å². The Hall–Kier alpha value is -1.86. The molecule has 122 valence electrons. The molecular formula is C16H18N2O3S2.